The van der Waals surface area contributed by atoms with Gasteiger partial charge in [-0.15, -0.1) is 0 Å². The van der Waals surface area contributed by atoms with E-state index in [0.717, 1.165) is 19.3 Å². The smallest absolute Gasteiger partial charge is 0.410 e. The van der Waals surface area contributed by atoms with Crippen molar-refractivity contribution in [2.75, 3.05) is 31.1 Å². The number of ether oxygens (including phenoxy) is 1. The van der Waals surface area contributed by atoms with E-state index in [2.05, 4.69) is 0 Å². The minimum Gasteiger partial charge on any atom is -0.477 e. The lowest BCUT2D eigenvalue weighted by atomic mass is 10.0. The van der Waals surface area contributed by atoms with E-state index in [-0.39, 0.29) is 34.6 Å². The molecule has 2 heterocycles. The molecule has 9 heteroatoms. The number of aryl methyl sites for hydroxylation is 1. The zero-order valence-corrected chi connectivity index (χ0v) is 21.1. The minimum absolute atomic E-state index is 0.0732. The molecule has 190 valence electrons. The van der Waals surface area contributed by atoms with Crippen LogP contribution in [0.4, 0.5) is 15.0 Å². The lowest BCUT2D eigenvalue weighted by Crippen LogP contribution is -2.40. The Labute approximate surface area is 204 Å². The average Bonchev–Trinajstić information content (AvgIpc) is 3.49. The van der Waals surface area contributed by atoms with E-state index in [9.17, 15) is 23.9 Å². The summed E-state index contributed by atoms with van der Waals surface area (Å²) in [6.45, 7) is 11.0. The van der Waals surface area contributed by atoms with Gasteiger partial charge in [-0.3, -0.25) is 4.79 Å². The number of hydrogen-bond donors (Lipinski definition) is 1. The van der Waals surface area contributed by atoms with Crippen LogP contribution in [0, 0.1) is 18.7 Å². The topological polar surface area (TPSA) is 92.1 Å². The first kappa shape index (κ1) is 25.0. The molecular formula is C26H34FN3O5. The number of nitrogens with zero attached hydrogens (tertiary/aromatic N) is 3. The molecule has 2 aromatic rings. The van der Waals surface area contributed by atoms with Gasteiger partial charge in [-0.25, -0.2) is 14.0 Å². The van der Waals surface area contributed by atoms with E-state index in [1.54, 1.807) is 11.0 Å². The standard InChI is InChI=1S/C26H34FN3O5/c1-6-28(25(34)35-26(3,4)5)13-16-11-12-29(14-16)23-21(24(32)33)22(31)20-15(2)18(27)9-10-19(20)30(23)17-7-8-17/h9-10,16-17H,6-8,11-14H2,1-5H3,(H,32,33). The van der Waals surface area contributed by atoms with Gasteiger partial charge in [-0.1, -0.05) is 0 Å². The number of carbonyl (C=O) groups is 2. The molecule has 1 aliphatic carbocycles. The Hall–Kier alpha value is -3.10. The summed E-state index contributed by atoms with van der Waals surface area (Å²) in [6, 6.07) is 3.00. The molecule has 8 nitrogen and oxygen atoms in total. The number of pyridine rings is 1. The number of aromatic nitrogens is 1. The highest BCUT2D eigenvalue weighted by Crippen LogP contribution is 2.43. The first-order chi connectivity index (χ1) is 16.4. The van der Waals surface area contributed by atoms with Crippen molar-refractivity contribution < 1.29 is 23.8 Å². The lowest BCUT2D eigenvalue weighted by molar-refractivity contribution is 0.0236. The number of anilines is 1. The molecule has 0 radical (unpaired) electrons. The zero-order chi connectivity index (χ0) is 25.7. The zero-order valence-electron chi connectivity index (χ0n) is 21.1. The van der Waals surface area contributed by atoms with Crippen LogP contribution >= 0.6 is 0 Å². The summed E-state index contributed by atoms with van der Waals surface area (Å²) in [5.74, 6) is -1.34. The number of rotatable bonds is 6. The maximum atomic E-state index is 14.3. The summed E-state index contributed by atoms with van der Waals surface area (Å²) in [5, 5.41) is 10.2. The fraction of sp³-hybridized carbons (Fsp3) is 0.577. The predicted molar refractivity (Wildman–Crippen MR) is 132 cm³/mol. The number of aromatic carboxylic acids is 1. The molecule has 1 aromatic heterocycles. The van der Waals surface area contributed by atoms with Crippen molar-refractivity contribution in [3.63, 3.8) is 0 Å². The Kier molecular flexibility index (Phi) is 6.55. The molecule has 1 atom stereocenters. The van der Waals surface area contributed by atoms with E-state index >= 15 is 0 Å². The fourth-order valence-corrected chi connectivity index (χ4v) is 4.97. The van der Waals surface area contributed by atoms with Gasteiger partial charge in [0.25, 0.3) is 0 Å². The van der Waals surface area contributed by atoms with Gasteiger partial charge in [0, 0.05) is 32.2 Å². The third kappa shape index (κ3) is 4.86. The second kappa shape index (κ2) is 9.17. The summed E-state index contributed by atoms with van der Waals surface area (Å²) >= 11 is 0. The van der Waals surface area contributed by atoms with Crippen LogP contribution in [-0.2, 0) is 4.74 Å². The van der Waals surface area contributed by atoms with Crippen molar-refractivity contribution in [3.05, 3.63) is 39.3 Å². The van der Waals surface area contributed by atoms with Crippen molar-refractivity contribution in [2.24, 2.45) is 5.92 Å². The van der Waals surface area contributed by atoms with E-state index in [1.807, 2.05) is 37.2 Å². The Bertz CT molecular complexity index is 1230. The largest absolute Gasteiger partial charge is 0.477 e. The molecule has 1 N–H and O–H groups in total. The lowest BCUT2D eigenvalue weighted by Gasteiger charge is -2.29. The molecule has 1 saturated heterocycles. The van der Waals surface area contributed by atoms with Crippen LogP contribution in [0.3, 0.4) is 0 Å². The van der Waals surface area contributed by atoms with Gasteiger partial charge in [-0.2, -0.15) is 0 Å². The second-order valence-electron chi connectivity index (χ2n) is 10.6. The van der Waals surface area contributed by atoms with Gasteiger partial charge in [0.05, 0.1) is 10.9 Å². The van der Waals surface area contributed by atoms with Gasteiger partial charge in [-0.05, 0) is 77.5 Å². The number of amides is 1. The number of benzene rings is 1. The molecule has 0 spiro atoms. The summed E-state index contributed by atoms with van der Waals surface area (Å²) < 4.78 is 21.8. The van der Waals surface area contributed by atoms with Gasteiger partial charge >= 0.3 is 12.1 Å². The molecule has 4 rings (SSSR count). The Morgan fingerprint density at radius 1 is 1.23 bits per heavy atom. The molecule has 1 aliphatic heterocycles. The SMILES string of the molecule is CCN(CC1CCN(c2c(C(=O)O)c(=O)c3c(C)c(F)ccc3n2C2CC2)C1)C(=O)OC(C)(C)C. The summed E-state index contributed by atoms with van der Waals surface area (Å²) in [7, 11) is 0. The van der Waals surface area contributed by atoms with E-state index in [4.69, 9.17) is 4.74 Å². The van der Waals surface area contributed by atoms with Crippen LogP contribution in [0.15, 0.2) is 16.9 Å². The molecule has 2 aliphatic rings. The van der Waals surface area contributed by atoms with Gasteiger partial charge in [0.15, 0.2) is 0 Å². The molecular weight excluding hydrogens is 453 g/mol. The van der Waals surface area contributed by atoms with E-state index in [0.29, 0.717) is 37.5 Å². The Morgan fingerprint density at radius 3 is 2.49 bits per heavy atom. The third-order valence-corrected chi connectivity index (χ3v) is 6.77. The number of carboxylic acid groups (broad SMARTS) is 1. The van der Waals surface area contributed by atoms with E-state index in [1.165, 1.54) is 13.0 Å². The van der Waals surface area contributed by atoms with Crippen molar-refractivity contribution in [1.29, 1.82) is 0 Å². The maximum absolute atomic E-state index is 14.3. The van der Waals surface area contributed by atoms with Crippen molar-refractivity contribution in [3.8, 4) is 0 Å². The van der Waals surface area contributed by atoms with Gasteiger partial charge in [0.2, 0.25) is 5.43 Å². The molecule has 1 saturated carbocycles. The Balaban J connectivity index is 1.72. The number of halogens is 1. The van der Waals surface area contributed by atoms with Crippen molar-refractivity contribution in [1.82, 2.24) is 9.47 Å². The number of hydrogen-bond acceptors (Lipinski definition) is 5. The van der Waals surface area contributed by atoms with Crippen LogP contribution in [0.1, 0.15) is 68.9 Å². The van der Waals surface area contributed by atoms with E-state index < -0.39 is 22.8 Å². The summed E-state index contributed by atoms with van der Waals surface area (Å²) in [6.07, 6.45) is 2.13. The number of carbonyl (C=O) groups excluding carboxylic acids is 1. The monoisotopic (exact) mass is 487 g/mol. The first-order valence-electron chi connectivity index (χ1n) is 12.3. The summed E-state index contributed by atoms with van der Waals surface area (Å²) in [4.78, 5) is 42.0. The van der Waals surface area contributed by atoms with Crippen molar-refractivity contribution in [2.45, 2.75) is 65.5 Å². The minimum atomic E-state index is -1.31. The van der Waals surface area contributed by atoms with Crippen LogP contribution in [0.5, 0.6) is 0 Å². The third-order valence-electron chi connectivity index (χ3n) is 6.77. The van der Waals surface area contributed by atoms with Crippen molar-refractivity contribution >= 4 is 28.8 Å². The highest BCUT2D eigenvalue weighted by atomic mass is 19.1. The number of fused-ring (bicyclic) bond motifs is 1. The second-order valence-corrected chi connectivity index (χ2v) is 10.6. The molecule has 1 aromatic carbocycles. The molecule has 35 heavy (non-hydrogen) atoms. The molecule has 0 bridgehead atoms. The number of carboxylic acids is 1. The van der Waals surface area contributed by atoms with Gasteiger partial charge in [0.1, 0.15) is 22.8 Å². The quantitative estimate of drug-likeness (QED) is 0.642. The summed E-state index contributed by atoms with van der Waals surface area (Å²) in [5.41, 5.74) is -0.803. The normalized spacial score (nSPS) is 18.2. The highest BCUT2D eigenvalue weighted by Gasteiger charge is 2.37. The molecule has 2 fully saturated rings. The Morgan fingerprint density at radius 2 is 1.91 bits per heavy atom. The highest BCUT2D eigenvalue weighted by molar-refractivity contribution is 5.99. The van der Waals surface area contributed by atoms with Crippen LogP contribution in [-0.4, -0.2) is 58.4 Å². The van der Waals surface area contributed by atoms with Crippen LogP contribution in [0.2, 0.25) is 0 Å². The van der Waals surface area contributed by atoms with Crippen LogP contribution < -0.4 is 10.3 Å². The van der Waals surface area contributed by atoms with Gasteiger partial charge < -0.3 is 24.2 Å². The maximum Gasteiger partial charge on any atom is 0.410 e. The fourth-order valence-electron chi connectivity index (χ4n) is 4.97. The molecule has 1 amide bonds. The van der Waals surface area contributed by atoms with Crippen LogP contribution in [0.25, 0.3) is 10.9 Å². The molecule has 1 unspecified atom stereocenters. The predicted octanol–water partition coefficient (Wildman–Crippen LogP) is 4.57. The first-order valence-corrected chi connectivity index (χ1v) is 12.3. The average molecular weight is 488 g/mol.